The number of rotatable bonds is 4. The zero-order chi connectivity index (χ0) is 14.4. The van der Waals surface area contributed by atoms with Gasteiger partial charge in [0, 0.05) is 0 Å². The Balaban J connectivity index is 2.30. The van der Waals surface area contributed by atoms with Crippen molar-refractivity contribution in [3.05, 3.63) is 71.1 Å². The van der Waals surface area contributed by atoms with Crippen LogP contribution < -0.4 is 9.47 Å². The first-order valence-electron chi connectivity index (χ1n) is 6.14. The van der Waals surface area contributed by atoms with Gasteiger partial charge in [-0.05, 0) is 41.5 Å². The maximum absolute atomic E-state index is 7.32. The molecule has 0 unspecified atom stereocenters. The van der Waals surface area contributed by atoms with E-state index in [-0.39, 0.29) is 0 Å². The maximum Gasteiger partial charge on any atom is 0.194 e. The highest BCUT2D eigenvalue weighted by Crippen LogP contribution is 2.23. The van der Waals surface area contributed by atoms with Crippen LogP contribution in [0, 0.1) is 6.57 Å². The van der Waals surface area contributed by atoms with Crippen molar-refractivity contribution >= 4 is 11.8 Å². The fourth-order valence-corrected chi connectivity index (χ4v) is 1.80. The van der Waals surface area contributed by atoms with Gasteiger partial charge in [0.1, 0.15) is 11.5 Å². The Morgan fingerprint density at radius 1 is 0.900 bits per heavy atom. The lowest BCUT2D eigenvalue weighted by atomic mass is 10.1. The van der Waals surface area contributed by atoms with Gasteiger partial charge in [-0.15, -0.1) is 0 Å². The van der Waals surface area contributed by atoms with E-state index in [0.717, 1.165) is 22.6 Å². The summed E-state index contributed by atoms with van der Waals surface area (Å²) in [5.41, 5.74) is 2.43. The van der Waals surface area contributed by atoms with Crippen LogP contribution >= 0.6 is 0 Å². The average Bonchev–Trinajstić information content (AvgIpc) is 2.53. The number of hydrogen-bond acceptors (Lipinski definition) is 2. The zero-order valence-electron chi connectivity index (χ0n) is 11.5. The third kappa shape index (κ3) is 3.18. The maximum atomic E-state index is 7.32. The molecule has 0 aliphatic carbocycles. The molecule has 2 aromatic carbocycles. The monoisotopic (exact) mass is 265 g/mol. The molecule has 100 valence electrons. The van der Waals surface area contributed by atoms with E-state index in [2.05, 4.69) is 4.85 Å². The summed E-state index contributed by atoms with van der Waals surface area (Å²) in [5, 5.41) is 0. The third-order valence-corrected chi connectivity index (χ3v) is 2.93. The van der Waals surface area contributed by atoms with Gasteiger partial charge in [-0.2, -0.15) is 0 Å². The summed E-state index contributed by atoms with van der Waals surface area (Å²) < 4.78 is 10.2. The lowest BCUT2D eigenvalue weighted by Gasteiger charge is -2.03. The standard InChI is InChI=1S/C17H15NO2/c1-18-17(14-6-10-16(20-3)11-7-14)12-13-4-8-15(19-2)9-5-13/h4-12H,2-3H3/b17-12-. The van der Waals surface area contributed by atoms with Crippen LogP contribution in [-0.4, -0.2) is 14.2 Å². The quantitative estimate of drug-likeness (QED) is 0.613. The largest absolute Gasteiger partial charge is 0.497 e. The summed E-state index contributed by atoms with van der Waals surface area (Å²) >= 11 is 0. The molecule has 0 aromatic heterocycles. The van der Waals surface area contributed by atoms with Gasteiger partial charge in [0.2, 0.25) is 0 Å². The second-order valence-electron chi connectivity index (χ2n) is 4.14. The van der Waals surface area contributed by atoms with Crippen LogP contribution in [0.4, 0.5) is 0 Å². The van der Waals surface area contributed by atoms with Crippen molar-refractivity contribution in [3.63, 3.8) is 0 Å². The molecule has 0 heterocycles. The normalized spacial score (nSPS) is 10.8. The van der Waals surface area contributed by atoms with Crippen molar-refractivity contribution in [1.29, 1.82) is 0 Å². The second kappa shape index (κ2) is 6.44. The van der Waals surface area contributed by atoms with E-state index in [9.17, 15) is 0 Å². The minimum atomic E-state index is 0.595. The molecule has 0 radical (unpaired) electrons. The predicted octanol–water partition coefficient (Wildman–Crippen LogP) is 4.12. The van der Waals surface area contributed by atoms with Crippen molar-refractivity contribution in [2.24, 2.45) is 0 Å². The zero-order valence-corrected chi connectivity index (χ0v) is 11.5. The molecule has 20 heavy (non-hydrogen) atoms. The van der Waals surface area contributed by atoms with Crippen LogP contribution in [0.2, 0.25) is 0 Å². The molecule has 2 rings (SSSR count). The molecule has 0 amide bonds. The molecule has 2 aromatic rings. The molecular formula is C17H15NO2. The number of ether oxygens (including phenoxy) is 2. The molecule has 0 aliphatic rings. The van der Waals surface area contributed by atoms with E-state index in [1.165, 1.54) is 0 Å². The number of methoxy groups -OCH3 is 2. The Kier molecular flexibility index (Phi) is 4.41. The Hall–Kier alpha value is -2.73. The van der Waals surface area contributed by atoms with Crippen LogP contribution in [0.15, 0.2) is 48.5 Å². The summed E-state index contributed by atoms with van der Waals surface area (Å²) in [4.78, 5) is 3.59. The van der Waals surface area contributed by atoms with Gasteiger partial charge in [-0.25, -0.2) is 4.85 Å². The van der Waals surface area contributed by atoms with Gasteiger partial charge in [0.15, 0.2) is 5.70 Å². The SMILES string of the molecule is [C-]#[N+]/C(=C\c1ccc(OC)cc1)c1ccc(OC)cc1. The molecule has 0 atom stereocenters. The van der Waals surface area contributed by atoms with Crippen LogP contribution in [0.1, 0.15) is 11.1 Å². The van der Waals surface area contributed by atoms with Gasteiger partial charge >= 0.3 is 0 Å². The molecule has 0 spiro atoms. The number of benzene rings is 2. The summed E-state index contributed by atoms with van der Waals surface area (Å²) in [5.74, 6) is 1.58. The van der Waals surface area contributed by atoms with Gasteiger partial charge in [-0.3, -0.25) is 0 Å². The van der Waals surface area contributed by atoms with Crippen molar-refractivity contribution < 1.29 is 9.47 Å². The van der Waals surface area contributed by atoms with E-state index in [4.69, 9.17) is 16.0 Å². The van der Waals surface area contributed by atoms with Crippen molar-refractivity contribution in [2.75, 3.05) is 14.2 Å². The molecule has 0 saturated heterocycles. The molecule has 0 N–H and O–H groups in total. The predicted molar refractivity (Wildman–Crippen MR) is 80.5 cm³/mol. The van der Waals surface area contributed by atoms with Gasteiger partial charge in [0.25, 0.3) is 0 Å². The molecule has 0 aliphatic heterocycles. The number of nitrogens with zero attached hydrogens (tertiary/aromatic N) is 1. The first-order valence-corrected chi connectivity index (χ1v) is 6.14. The fraction of sp³-hybridized carbons (Fsp3) is 0.118. The fourth-order valence-electron chi connectivity index (χ4n) is 1.80. The minimum absolute atomic E-state index is 0.595. The summed E-state index contributed by atoms with van der Waals surface area (Å²) in [7, 11) is 3.25. The Bertz CT molecular complexity index is 634. The highest BCUT2D eigenvalue weighted by molar-refractivity contribution is 5.85. The molecule has 3 heteroatoms. The Morgan fingerprint density at radius 3 is 1.85 bits per heavy atom. The van der Waals surface area contributed by atoms with E-state index < -0.39 is 0 Å². The average molecular weight is 265 g/mol. The van der Waals surface area contributed by atoms with Gasteiger partial charge in [0.05, 0.1) is 20.8 Å². The van der Waals surface area contributed by atoms with Crippen molar-refractivity contribution in [3.8, 4) is 11.5 Å². The molecule has 3 nitrogen and oxygen atoms in total. The molecule has 0 bridgehead atoms. The van der Waals surface area contributed by atoms with Gasteiger partial charge < -0.3 is 9.47 Å². The topological polar surface area (TPSA) is 22.8 Å². The van der Waals surface area contributed by atoms with Crippen molar-refractivity contribution in [1.82, 2.24) is 0 Å². The van der Waals surface area contributed by atoms with E-state index in [1.54, 1.807) is 14.2 Å². The van der Waals surface area contributed by atoms with E-state index in [0.29, 0.717) is 5.70 Å². The summed E-state index contributed by atoms with van der Waals surface area (Å²) in [6.45, 7) is 7.32. The third-order valence-electron chi connectivity index (χ3n) is 2.93. The molecular weight excluding hydrogens is 250 g/mol. The van der Waals surface area contributed by atoms with Gasteiger partial charge in [-0.1, -0.05) is 24.3 Å². The van der Waals surface area contributed by atoms with Crippen molar-refractivity contribution in [2.45, 2.75) is 0 Å². The summed E-state index contributed by atoms with van der Waals surface area (Å²) in [6.07, 6.45) is 1.86. The highest BCUT2D eigenvalue weighted by Gasteiger charge is 2.02. The highest BCUT2D eigenvalue weighted by atomic mass is 16.5. The lowest BCUT2D eigenvalue weighted by molar-refractivity contribution is 0.414. The van der Waals surface area contributed by atoms with Crippen LogP contribution in [-0.2, 0) is 0 Å². The number of hydrogen-bond donors (Lipinski definition) is 0. The smallest absolute Gasteiger partial charge is 0.194 e. The molecule has 0 saturated carbocycles. The van der Waals surface area contributed by atoms with E-state index >= 15 is 0 Å². The Morgan fingerprint density at radius 2 is 1.40 bits per heavy atom. The Labute approximate surface area is 118 Å². The first-order chi connectivity index (χ1) is 9.76. The summed E-state index contributed by atoms with van der Waals surface area (Å²) in [6, 6.07) is 15.1. The first kappa shape index (κ1) is 13.7. The molecule has 0 fully saturated rings. The minimum Gasteiger partial charge on any atom is -0.497 e. The van der Waals surface area contributed by atoms with E-state index in [1.807, 2.05) is 54.6 Å². The lowest BCUT2D eigenvalue weighted by Crippen LogP contribution is -1.85. The van der Waals surface area contributed by atoms with Crippen LogP contribution in [0.3, 0.4) is 0 Å². The van der Waals surface area contributed by atoms with Crippen LogP contribution in [0.25, 0.3) is 16.6 Å². The second-order valence-corrected chi connectivity index (χ2v) is 4.14. The van der Waals surface area contributed by atoms with Crippen LogP contribution in [0.5, 0.6) is 11.5 Å².